The molecule has 8 nitrogen and oxygen atoms in total. The molecule has 2 aromatic carbocycles. The molecule has 0 aliphatic rings. The van der Waals surface area contributed by atoms with Crippen molar-refractivity contribution in [2.45, 2.75) is 6.18 Å². The largest absolute Gasteiger partial charge is 0.496 e. The number of nitrogens with zero attached hydrogens (tertiary/aromatic N) is 1. The molecule has 1 heterocycles. The molecule has 0 saturated heterocycles. The Labute approximate surface area is 217 Å². The fourth-order valence-corrected chi connectivity index (χ4v) is 3.65. The van der Waals surface area contributed by atoms with E-state index in [0.29, 0.717) is 12.3 Å². The quantitative estimate of drug-likeness (QED) is 0.340. The summed E-state index contributed by atoms with van der Waals surface area (Å²) in [4.78, 5) is 28.6. The van der Waals surface area contributed by atoms with Gasteiger partial charge in [-0.3, -0.25) is 10.1 Å². The number of rotatable bonds is 6. The van der Waals surface area contributed by atoms with E-state index in [2.05, 4.69) is 15.6 Å². The molecule has 36 heavy (non-hydrogen) atoms. The van der Waals surface area contributed by atoms with E-state index in [1.807, 2.05) is 0 Å². The normalized spacial score (nSPS) is 11.0. The molecule has 0 aliphatic heterocycles. The first-order valence-corrected chi connectivity index (χ1v) is 10.8. The van der Waals surface area contributed by atoms with Crippen LogP contribution in [0, 0.1) is 0 Å². The average Bonchev–Trinajstić information content (AvgIpc) is 2.80. The maximum atomic E-state index is 12.8. The number of pyridine rings is 1. The van der Waals surface area contributed by atoms with Crippen molar-refractivity contribution < 1.29 is 37.0 Å². The van der Waals surface area contributed by atoms with Crippen LogP contribution in [0.5, 0.6) is 23.1 Å². The zero-order valence-electron chi connectivity index (χ0n) is 18.3. The molecule has 190 valence electrons. The smallest absolute Gasteiger partial charge is 0.417 e. The maximum Gasteiger partial charge on any atom is 0.417 e. The van der Waals surface area contributed by atoms with E-state index in [1.165, 1.54) is 38.5 Å². The number of alkyl halides is 3. The molecule has 0 bridgehead atoms. The van der Waals surface area contributed by atoms with Gasteiger partial charge in [0.25, 0.3) is 5.91 Å². The SMILES string of the molecule is COc1cccc(OC)c1C(=O)NC(=O)Nc1cc(Cl)c(Oc2ncc(C(F)(F)F)cc2Cl)c(Cl)c1. The average molecular weight is 565 g/mol. The summed E-state index contributed by atoms with van der Waals surface area (Å²) in [5, 5.41) is 3.82. The first-order chi connectivity index (χ1) is 16.9. The Morgan fingerprint density at radius 1 is 0.944 bits per heavy atom. The molecule has 0 fully saturated rings. The second kappa shape index (κ2) is 11.1. The molecule has 3 aromatic rings. The minimum Gasteiger partial charge on any atom is -0.496 e. The number of methoxy groups -OCH3 is 2. The molecule has 0 atom stereocenters. The Bertz CT molecular complexity index is 1280. The number of carbonyl (C=O) groups excluding carboxylic acids is 2. The number of hydrogen-bond acceptors (Lipinski definition) is 6. The zero-order chi connectivity index (χ0) is 26.6. The minimum atomic E-state index is -4.64. The molecule has 0 unspecified atom stereocenters. The molecule has 0 radical (unpaired) electrons. The maximum absolute atomic E-state index is 12.8. The van der Waals surface area contributed by atoms with Gasteiger partial charge >= 0.3 is 12.2 Å². The van der Waals surface area contributed by atoms with Crippen molar-refractivity contribution in [1.82, 2.24) is 10.3 Å². The number of imide groups is 1. The second-order valence-corrected chi connectivity index (χ2v) is 8.05. The molecule has 1 aromatic heterocycles. The van der Waals surface area contributed by atoms with Crippen LogP contribution in [0.4, 0.5) is 23.7 Å². The predicted molar refractivity (Wildman–Crippen MR) is 127 cm³/mol. The summed E-state index contributed by atoms with van der Waals surface area (Å²) >= 11 is 18.2. The molecule has 14 heteroatoms. The summed E-state index contributed by atoms with van der Waals surface area (Å²) in [7, 11) is 2.71. The van der Waals surface area contributed by atoms with Gasteiger partial charge in [-0.1, -0.05) is 40.9 Å². The predicted octanol–water partition coefficient (Wildman–Crippen LogP) is 6.83. The lowest BCUT2D eigenvalue weighted by Crippen LogP contribution is -2.34. The van der Waals surface area contributed by atoms with Crippen LogP contribution in [0.3, 0.4) is 0 Å². The third-order valence-corrected chi connectivity index (χ3v) is 5.30. The van der Waals surface area contributed by atoms with Gasteiger partial charge in [-0.25, -0.2) is 9.78 Å². The number of benzene rings is 2. The van der Waals surface area contributed by atoms with Crippen molar-refractivity contribution in [2.24, 2.45) is 0 Å². The summed E-state index contributed by atoms with van der Waals surface area (Å²) in [5.41, 5.74) is -0.998. The Kier molecular flexibility index (Phi) is 8.39. The molecule has 2 N–H and O–H groups in total. The number of amides is 3. The van der Waals surface area contributed by atoms with Crippen molar-refractivity contribution in [3.05, 3.63) is 68.8 Å². The van der Waals surface area contributed by atoms with Crippen LogP contribution in [0.1, 0.15) is 15.9 Å². The monoisotopic (exact) mass is 563 g/mol. The molecular weight excluding hydrogens is 550 g/mol. The number of urea groups is 1. The highest BCUT2D eigenvalue weighted by molar-refractivity contribution is 6.38. The Hall–Kier alpha value is -3.41. The van der Waals surface area contributed by atoms with Gasteiger partial charge in [0.05, 0.1) is 29.8 Å². The molecular formula is C22H15Cl3F3N3O5. The van der Waals surface area contributed by atoms with E-state index in [0.717, 1.165) is 0 Å². The lowest BCUT2D eigenvalue weighted by atomic mass is 10.1. The second-order valence-electron chi connectivity index (χ2n) is 6.83. The fourth-order valence-electron chi connectivity index (χ4n) is 2.88. The van der Waals surface area contributed by atoms with Gasteiger partial charge in [0.2, 0.25) is 5.88 Å². The van der Waals surface area contributed by atoms with E-state index in [9.17, 15) is 22.8 Å². The lowest BCUT2D eigenvalue weighted by molar-refractivity contribution is -0.137. The van der Waals surface area contributed by atoms with E-state index in [-0.39, 0.29) is 44.4 Å². The molecule has 3 rings (SSSR count). The number of nitrogens with one attached hydrogen (secondary N) is 2. The summed E-state index contributed by atoms with van der Waals surface area (Å²) in [6.45, 7) is 0. The van der Waals surface area contributed by atoms with E-state index < -0.39 is 28.7 Å². The standard InChI is InChI=1S/C22H15Cl3F3N3O5/c1-34-15-4-3-5-16(35-2)17(15)19(32)31-21(33)30-11-7-12(23)18(13(24)8-11)36-20-14(25)6-10(9-29-20)22(26,27)28/h3-9H,1-2H3,(H2,30,31,32,33). The van der Waals surface area contributed by atoms with Gasteiger partial charge in [-0.05, 0) is 30.3 Å². The Morgan fingerprint density at radius 2 is 1.53 bits per heavy atom. The van der Waals surface area contributed by atoms with Gasteiger partial charge < -0.3 is 19.5 Å². The Morgan fingerprint density at radius 3 is 2.03 bits per heavy atom. The van der Waals surface area contributed by atoms with Gasteiger partial charge in [0.1, 0.15) is 22.1 Å². The first-order valence-electron chi connectivity index (χ1n) is 9.67. The highest BCUT2D eigenvalue weighted by atomic mass is 35.5. The van der Waals surface area contributed by atoms with Gasteiger partial charge in [-0.2, -0.15) is 13.2 Å². The topological polar surface area (TPSA) is 98.8 Å². The summed E-state index contributed by atoms with van der Waals surface area (Å²) in [6, 6.07) is 6.82. The number of anilines is 1. The molecule has 0 spiro atoms. The van der Waals surface area contributed by atoms with Crippen molar-refractivity contribution >= 4 is 52.4 Å². The van der Waals surface area contributed by atoms with Crippen LogP contribution < -0.4 is 24.8 Å². The van der Waals surface area contributed by atoms with Crippen LogP contribution in [0.25, 0.3) is 0 Å². The van der Waals surface area contributed by atoms with Crippen molar-refractivity contribution in [2.75, 3.05) is 19.5 Å². The Balaban J connectivity index is 1.75. The van der Waals surface area contributed by atoms with Crippen molar-refractivity contribution in [3.63, 3.8) is 0 Å². The van der Waals surface area contributed by atoms with E-state index in [1.54, 1.807) is 6.07 Å². The van der Waals surface area contributed by atoms with Gasteiger partial charge in [0, 0.05) is 11.9 Å². The van der Waals surface area contributed by atoms with E-state index in [4.69, 9.17) is 49.0 Å². The first kappa shape index (κ1) is 27.2. The number of ether oxygens (including phenoxy) is 3. The van der Waals surface area contributed by atoms with Crippen LogP contribution in [-0.2, 0) is 6.18 Å². The van der Waals surface area contributed by atoms with E-state index >= 15 is 0 Å². The van der Waals surface area contributed by atoms with Crippen LogP contribution in [-0.4, -0.2) is 31.1 Å². The molecule has 0 saturated carbocycles. The highest BCUT2D eigenvalue weighted by Crippen LogP contribution is 2.41. The lowest BCUT2D eigenvalue weighted by Gasteiger charge is -2.14. The zero-order valence-corrected chi connectivity index (χ0v) is 20.6. The molecule has 3 amide bonds. The number of aromatic nitrogens is 1. The molecule has 0 aliphatic carbocycles. The fraction of sp³-hybridized carbons (Fsp3) is 0.136. The summed E-state index contributed by atoms with van der Waals surface area (Å²) in [6.07, 6.45) is -4.10. The number of hydrogen-bond donors (Lipinski definition) is 2. The highest BCUT2D eigenvalue weighted by Gasteiger charge is 2.32. The third kappa shape index (κ3) is 6.23. The van der Waals surface area contributed by atoms with Crippen molar-refractivity contribution in [1.29, 1.82) is 0 Å². The summed E-state index contributed by atoms with van der Waals surface area (Å²) in [5.74, 6) is -0.982. The van der Waals surface area contributed by atoms with Gasteiger partial charge in [-0.15, -0.1) is 0 Å². The van der Waals surface area contributed by atoms with Crippen LogP contribution in [0.15, 0.2) is 42.6 Å². The number of halogens is 6. The third-order valence-electron chi connectivity index (χ3n) is 4.47. The van der Waals surface area contributed by atoms with Crippen molar-refractivity contribution in [3.8, 4) is 23.1 Å². The van der Waals surface area contributed by atoms with Crippen LogP contribution in [0.2, 0.25) is 15.1 Å². The number of carbonyl (C=O) groups is 2. The minimum absolute atomic E-state index is 0.00150. The van der Waals surface area contributed by atoms with Gasteiger partial charge in [0.15, 0.2) is 5.75 Å². The summed E-state index contributed by atoms with van der Waals surface area (Å²) < 4.78 is 54.1. The van der Waals surface area contributed by atoms with Crippen LogP contribution >= 0.6 is 34.8 Å².